The fraction of sp³-hybridized carbons (Fsp3) is 0. The third-order valence-corrected chi connectivity index (χ3v) is 2.44. The van der Waals surface area contributed by atoms with Crippen LogP contribution in [0.4, 0.5) is 0 Å². The van der Waals surface area contributed by atoms with Gasteiger partial charge in [0.05, 0.1) is 10.3 Å². The number of benzene rings is 1. The summed E-state index contributed by atoms with van der Waals surface area (Å²) in [5, 5.41) is 12.8. The molecule has 0 spiro atoms. The summed E-state index contributed by atoms with van der Waals surface area (Å²) in [6.07, 6.45) is 0. The molecule has 0 aliphatic carbocycles. The van der Waals surface area contributed by atoms with Gasteiger partial charge in [0.2, 0.25) is 0 Å². The SMILES string of the molecule is N#Cc1cccc2c[c]sc12. The van der Waals surface area contributed by atoms with Crippen molar-refractivity contribution in [2.45, 2.75) is 0 Å². The van der Waals surface area contributed by atoms with Crippen LogP contribution in [0, 0.1) is 16.7 Å². The van der Waals surface area contributed by atoms with Crippen LogP contribution in [0.2, 0.25) is 0 Å². The van der Waals surface area contributed by atoms with Crippen molar-refractivity contribution in [3.05, 3.63) is 35.2 Å². The molecular weight excluding hydrogens is 154 g/mol. The van der Waals surface area contributed by atoms with E-state index in [-0.39, 0.29) is 0 Å². The van der Waals surface area contributed by atoms with Crippen molar-refractivity contribution >= 4 is 21.4 Å². The molecule has 0 bridgehead atoms. The van der Waals surface area contributed by atoms with Gasteiger partial charge in [-0.05, 0) is 17.5 Å². The molecule has 1 radical (unpaired) electrons. The van der Waals surface area contributed by atoms with Gasteiger partial charge in [-0.25, -0.2) is 0 Å². The molecule has 2 rings (SSSR count). The Morgan fingerprint density at radius 1 is 1.45 bits per heavy atom. The summed E-state index contributed by atoms with van der Waals surface area (Å²) in [6, 6.07) is 9.76. The normalized spacial score (nSPS) is 9.73. The van der Waals surface area contributed by atoms with Crippen LogP contribution in [0.3, 0.4) is 0 Å². The fourth-order valence-electron chi connectivity index (χ4n) is 1.02. The van der Waals surface area contributed by atoms with E-state index in [9.17, 15) is 0 Å². The lowest BCUT2D eigenvalue weighted by molar-refractivity contribution is 1.51. The van der Waals surface area contributed by atoms with Gasteiger partial charge in [-0.15, -0.1) is 11.3 Å². The molecule has 11 heavy (non-hydrogen) atoms. The van der Waals surface area contributed by atoms with Crippen molar-refractivity contribution in [2.75, 3.05) is 0 Å². The smallest absolute Gasteiger partial charge is 0.101 e. The lowest BCUT2D eigenvalue weighted by Gasteiger charge is -1.89. The molecule has 0 amide bonds. The standard InChI is InChI=1S/C9H4NS/c10-6-8-3-1-2-7-4-5-11-9(7)8/h1-4H. The minimum atomic E-state index is 0.744. The number of hydrogen-bond acceptors (Lipinski definition) is 2. The van der Waals surface area contributed by atoms with Crippen LogP contribution in [-0.2, 0) is 0 Å². The zero-order chi connectivity index (χ0) is 7.68. The third-order valence-electron chi connectivity index (χ3n) is 1.54. The Kier molecular flexibility index (Phi) is 1.38. The minimum Gasteiger partial charge on any atom is -0.192 e. The van der Waals surface area contributed by atoms with E-state index < -0.39 is 0 Å². The van der Waals surface area contributed by atoms with Gasteiger partial charge in [0.25, 0.3) is 0 Å². The summed E-state index contributed by atoms with van der Waals surface area (Å²) >= 11 is 1.49. The number of nitrogens with zero attached hydrogens (tertiary/aromatic N) is 1. The molecule has 0 atom stereocenters. The van der Waals surface area contributed by atoms with Crippen LogP contribution in [-0.4, -0.2) is 0 Å². The minimum absolute atomic E-state index is 0.744. The van der Waals surface area contributed by atoms with Gasteiger partial charge in [0, 0.05) is 5.38 Å². The monoisotopic (exact) mass is 158 g/mol. The second-order valence-corrected chi connectivity index (χ2v) is 3.05. The molecule has 0 aliphatic heterocycles. The maximum absolute atomic E-state index is 8.70. The molecule has 1 aromatic carbocycles. The molecule has 2 aromatic rings. The van der Waals surface area contributed by atoms with Crippen molar-refractivity contribution in [3.63, 3.8) is 0 Å². The summed E-state index contributed by atoms with van der Waals surface area (Å²) < 4.78 is 1.04. The summed E-state index contributed by atoms with van der Waals surface area (Å²) in [7, 11) is 0. The van der Waals surface area contributed by atoms with Crippen LogP contribution in [0.15, 0.2) is 24.3 Å². The Morgan fingerprint density at radius 3 is 3.18 bits per heavy atom. The number of thiophene rings is 1. The van der Waals surface area contributed by atoms with Gasteiger partial charge in [-0.2, -0.15) is 5.26 Å². The first kappa shape index (κ1) is 6.38. The number of nitriles is 1. The Balaban J connectivity index is 2.92. The molecule has 1 nitrogen and oxygen atoms in total. The van der Waals surface area contributed by atoms with Gasteiger partial charge >= 0.3 is 0 Å². The highest BCUT2D eigenvalue weighted by Gasteiger charge is 1.99. The van der Waals surface area contributed by atoms with E-state index in [1.807, 2.05) is 24.3 Å². The second-order valence-electron chi connectivity index (χ2n) is 2.20. The first-order valence-corrected chi connectivity index (χ1v) is 4.02. The van der Waals surface area contributed by atoms with Crippen LogP contribution >= 0.6 is 11.3 Å². The van der Waals surface area contributed by atoms with Crippen molar-refractivity contribution in [3.8, 4) is 6.07 Å². The maximum Gasteiger partial charge on any atom is 0.101 e. The van der Waals surface area contributed by atoms with Crippen molar-refractivity contribution in [1.82, 2.24) is 0 Å². The Hall–Kier alpha value is -1.33. The first-order chi connectivity index (χ1) is 5.42. The molecule has 0 saturated carbocycles. The van der Waals surface area contributed by atoms with Crippen molar-refractivity contribution in [1.29, 1.82) is 5.26 Å². The van der Waals surface area contributed by atoms with Gasteiger partial charge in [-0.1, -0.05) is 12.1 Å². The average Bonchev–Trinajstić information content (AvgIpc) is 2.50. The van der Waals surface area contributed by atoms with E-state index in [0.29, 0.717) is 0 Å². The van der Waals surface area contributed by atoms with E-state index >= 15 is 0 Å². The van der Waals surface area contributed by atoms with Crippen LogP contribution < -0.4 is 0 Å². The van der Waals surface area contributed by atoms with Gasteiger partial charge in [-0.3, -0.25) is 0 Å². The first-order valence-electron chi connectivity index (χ1n) is 3.20. The molecule has 0 fully saturated rings. The van der Waals surface area contributed by atoms with Crippen LogP contribution in [0.1, 0.15) is 5.56 Å². The molecule has 1 heterocycles. The molecule has 1 aromatic heterocycles. The predicted octanol–water partition coefficient (Wildman–Crippen LogP) is 2.57. The van der Waals surface area contributed by atoms with Crippen LogP contribution in [0.25, 0.3) is 10.1 Å². The molecule has 2 heteroatoms. The predicted molar refractivity (Wildman–Crippen MR) is 45.4 cm³/mol. The number of rotatable bonds is 0. The average molecular weight is 158 g/mol. The molecule has 0 N–H and O–H groups in total. The Morgan fingerprint density at radius 2 is 2.36 bits per heavy atom. The number of fused-ring (bicyclic) bond motifs is 1. The molecule has 0 saturated heterocycles. The van der Waals surface area contributed by atoms with Gasteiger partial charge in [0.15, 0.2) is 0 Å². The number of hydrogen-bond donors (Lipinski definition) is 0. The Labute approximate surface area is 68.5 Å². The lowest BCUT2D eigenvalue weighted by Crippen LogP contribution is -1.70. The van der Waals surface area contributed by atoms with E-state index in [4.69, 9.17) is 5.26 Å². The topological polar surface area (TPSA) is 23.8 Å². The highest BCUT2D eigenvalue weighted by molar-refractivity contribution is 7.17. The highest BCUT2D eigenvalue weighted by Crippen LogP contribution is 2.23. The lowest BCUT2D eigenvalue weighted by atomic mass is 10.2. The largest absolute Gasteiger partial charge is 0.192 e. The van der Waals surface area contributed by atoms with Gasteiger partial charge in [0.1, 0.15) is 6.07 Å². The van der Waals surface area contributed by atoms with Crippen molar-refractivity contribution in [2.24, 2.45) is 0 Å². The third kappa shape index (κ3) is 0.903. The van der Waals surface area contributed by atoms with Gasteiger partial charge < -0.3 is 0 Å². The van der Waals surface area contributed by atoms with E-state index in [1.165, 1.54) is 11.3 Å². The molecule has 0 unspecified atom stereocenters. The molecule has 51 valence electrons. The fourth-order valence-corrected chi connectivity index (χ4v) is 1.79. The summed E-state index contributed by atoms with van der Waals surface area (Å²) in [5.74, 6) is 0. The van der Waals surface area contributed by atoms with Crippen molar-refractivity contribution < 1.29 is 0 Å². The van der Waals surface area contributed by atoms with E-state index in [0.717, 1.165) is 15.6 Å². The molecule has 0 aliphatic rings. The Bertz CT molecular complexity index is 422. The zero-order valence-electron chi connectivity index (χ0n) is 5.66. The maximum atomic E-state index is 8.70. The molecular formula is C9H4NS. The summed E-state index contributed by atoms with van der Waals surface area (Å²) in [4.78, 5) is 0. The zero-order valence-corrected chi connectivity index (χ0v) is 6.48. The summed E-state index contributed by atoms with van der Waals surface area (Å²) in [6.45, 7) is 0. The second kappa shape index (κ2) is 2.37. The van der Waals surface area contributed by atoms with E-state index in [2.05, 4.69) is 11.4 Å². The van der Waals surface area contributed by atoms with Crippen LogP contribution in [0.5, 0.6) is 0 Å². The summed E-state index contributed by atoms with van der Waals surface area (Å²) in [5.41, 5.74) is 0.744. The van der Waals surface area contributed by atoms with E-state index in [1.54, 1.807) is 0 Å². The quantitative estimate of drug-likeness (QED) is 0.578. The highest BCUT2D eigenvalue weighted by atomic mass is 32.1.